The second-order valence-electron chi connectivity index (χ2n) is 5.91. The maximum Gasteiger partial charge on any atom is 0.277 e. The molecule has 1 amide bonds. The number of benzene rings is 3. The molecule has 0 aliphatic rings. The van der Waals surface area contributed by atoms with Gasteiger partial charge in [-0.05, 0) is 50.8 Å². The van der Waals surface area contributed by atoms with E-state index in [4.69, 9.17) is 4.74 Å². The molecular formula is C23H19BrN2O2. The van der Waals surface area contributed by atoms with Gasteiger partial charge < -0.3 is 4.74 Å². The van der Waals surface area contributed by atoms with E-state index in [0.29, 0.717) is 5.75 Å². The van der Waals surface area contributed by atoms with E-state index >= 15 is 0 Å². The van der Waals surface area contributed by atoms with Crippen LogP contribution in [-0.4, -0.2) is 18.7 Å². The van der Waals surface area contributed by atoms with Crippen molar-refractivity contribution in [3.63, 3.8) is 0 Å². The summed E-state index contributed by atoms with van der Waals surface area (Å²) in [4.78, 5) is 11.9. The highest BCUT2D eigenvalue weighted by Gasteiger charge is 2.02. The number of ether oxygens (including phenoxy) is 1. The number of halogens is 1. The third-order valence-electron chi connectivity index (χ3n) is 3.81. The third kappa shape index (κ3) is 6.21. The van der Waals surface area contributed by atoms with E-state index < -0.39 is 0 Å². The van der Waals surface area contributed by atoms with Crippen molar-refractivity contribution in [2.24, 2.45) is 5.10 Å². The van der Waals surface area contributed by atoms with E-state index in [0.717, 1.165) is 21.2 Å². The summed E-state index contributed by atoms with van der Waals surface area (Å²) >= 11 is 3.40. The van der Waals surface area contributed by atoms with Crippen LogP contribution in [0.25, 0.3) is 17.2 Å². The molecule has 0 saturated carbocycles. The highest BCUT2D eigenvalue weighted by Crippen LogP contribution is 2.21. The third-order valence-corrected chi connectivity index (χ3v) is 4.25. The van der Waals surface area contributed by atoms with E-state index in [-0.39, 0.29) is 12.5 Å². The van der Waals surface area contributed by atoms with Gasteiger partial charge in [0.1, 0.15) is 5.75 Å². The summed E-state index contributed by atoms with van der Waals surface area (Å²) in [5.41, 5.74) is 5.71. The second-order valence-corrected chi connectivity index (χ2v) is 6.83. The van der Waals surface area contributed by atoms with Crippen LogP contribution in [0.4, 0.5) is 0 Å². The van der Waals surface area contributed by atoms with Gasteiger partial charge in [-0.2, -0.15) is 5.10 Å². The zero-order valence-electron chi connectivity index (χ0n) is 15.1. The molecule has 0 saturated heterocycles. The molecule has 5 heteroatoms. The highest BCUT2D eigenvalue weighted by molar-refractivity contribution is 9.12. The van der Waals surface area contributed by atoms with Crippen LogP contribution in [0.3, 0.4) is 0 Å². The Kier molecular flexibility index (Phi) is 7.15. The van der Waals surface area contributed by atoms with Crippen molar-refractivity contribution in [3.8, 4) is 16.9 Å². The number of amides is 1. The number of nitrogens with one attached hydrogen (secondary N) is 1. The van der Waals surface area contributed by atoms with Crippen LogP contribution in [-0.2, 0) is 4.79 Å². The number of hydrogen-bond acceptors (Lipinski definition) is 3. The predicted octanol–water partition coefficient (Wildman–Crippen LogP) is 5.27. The molecule has 0 aliphatic heterocycles. The summed E-state index contributed by atoms with van der Waals surface area (Å²) in [5, 5.41) is 3.91. The number of carbonyl (C=O) groups excluding carboxylic acids is 1. The zero-order chi connectivity index (χ0) is 19.6. The van der Waals surface area contributed by atoms with E-state index in [1.807, 2.05) is 91.0 Å². The number of allylic oxidation sites excluding steroid dienone is 1. The van der Waals surface area contributed by atoms with Crippen molar-refractivity contribution in [1.29, 1.82) is 0 Å². The van der Waals surface area contributed by atoms with Crippen LogP contribution in [0.1, 0.15) is 5.56 Å². The summed E-state index contributed by atoms with van der Waals surface area (Å²) in [6.07, 6.45) is 3.43. The highest BCUT2D eigenvalue weighted by atomic mass is 79.9. The van der Waals surface area contributed by atoms with Crippen LogP contribution in [0.5, 0.6) is 5.75 Å². The average molecular weight is 435 g/mol. The van der Waals surface area contributed by atoms with Crippen molar-refractivity contribution >= 4 is 34.1 Å². The molecule has 3 rings (SSSR count). The Morgan fingerprint density at radius 1 is 0.893 bits per heavy atom. The Labute approximate surface area is 172 Å². The molecule has 140 valence electrons. The van der Waals surface area contributed by atoms with Gasteiger partial charge in [-0.3, -0.25) is 4.79 Å². The summed E-state index contributed by atoms with van der Waals surface area (Å²) < 4.78 is 6.25. The minimum atomic E-state index is -0.330. The van der Waals surface area contributed by atoms with E-state index in [9.17, 15) is 4.79 Å². The predicted molar refractivity (Wildman–Crippen MR) is 117 cm³/mol. The monoisotopic (exact) mass is 434 g/mol. The molecule has 3 aromatic rings. The number of carbonyl (C=O) groups is 1. The van der Waals surface area contributed by atoms with E-state index in [2.05, 4.69) is 26.5 Å². The number of nitrogens with zero attached hydrogens (tertiary/aromatic N) is 1. The number of hydrogen-bond donors (Lipinski definition) is 1. The van der Waals surface area contributed by atoms with Crippen LogP contribution in [0.15, 0.2) is 94.5 Å². The lowest BCUT2D eigenvalue weighted by Gasteiger charge is -2.06. The standard InChI is InChI=1S/C23H19BrN2O2/c24-21(15-18-7-3-1-4-8-18)16-25-26-23(27)17-28-22-13-11-20(12-14-22)19-9-5-2-6-10-19/h1-16H,17H2,(H,26,27). The smallest absolute Gasteiger partial charge is 0.277 e. The first-order valence-electron chi connectivity index (χ1n) is 8.73. The first-order valence-corrected chi connectivity index (χ1v) is 9.52. The molecule has 28 heavy (non-hydrogen) atoms. The molecule has 1 N–H and O–H groups in total. The van der Waals surface area contributed by atoms with E-state index in [1.54, 1.807) is 0 Å². The minimum Gasteiger partial charge on any atom is -0.484 e. The summed E-state index contributed by atoms with van der Waals surface area (Å²) in [5.74, 6) is 0.298. The van der Waals surface area contributed by atoms with Gasteiger partial charge in [0.15, 0.2) is 6.61 Å². The Bertz CT molecular complexity index is 953. The largest absolute Gasteiger partial charge is 0.484 e. The summed E-state index contributed by atoms with van der Waals surface area (Å²) in [7, 11) is 0. The molecule has 0 heterocycles. The lowest BCUT2D eigenvalue weighted by Crippen LogP contribution is -2.24. The topological polar surface area (TPSA) is 50.7 Å². The molecule has 0 aromatic heterocycles. The summed E-state index contributed by atoms with van der Waals surface area (Å²) in [6, 6.07) is 27.5. The van der Waals surface area contributed by atoms with Gasteiger partial charge in [0, 0.05) is 4.48 Å². The zero-order valence-corrected chi connectivity index (χ0v) is 16.7. The maximum absolute atomic E-state index is 11.9. The maximum atomic E-state index is 11.9. The fourth-order valence-corrected chi connectivity index (χ4v) is 2.83. The lowest BCUT2D eigenvalue weighted by molar-refractivity contribution is -0.123. The fraction of sp³-hybridized carbons (Fsp3) is 0.0435. The molecule has 4 nitrogen and oxygen atoms in total. The van der Waals surface area contributed by atoms with Gasteiger partial charge in [0.25, 0.3) is 5.91 Å². The van der Waals surface area contributed by atoms with Gasteiger partial charge >= 0.3 is 0 Å². The molecule has 0 aliphatic carbocycles. The first kappa shape index (κ1) is 19.6. The SMILES string of the molecule is O=C(COc1ccc(-c2ccccc2)cc1)NN=CC(Br)=Cc1ccccc1. The lowest BCUT2D eigenvalue weighted by atomic mass is 10.1. The summed E-state index contributed by atoms with van der Waals surface area (Å²) in [6.45, 7) is -0.109. The number of hydrazone groups is 1. The quantitative estimate of drug-likeness (QED) is 0.406. The molecule has 0 atom stereocenters. The average Bonchev–Trinajstić information content (AvgIpc) is 2.74. The van der Waals surface area contributed by atoms with Crippen molar-refractivity contribution in [2.75, 3.05) is 6.61 Å². The Hall–Kier alpha value is -3.18. The molecular weight excluding hydrogens is 416 g/mol. The Balaban J connectivity index is 1.46. The van der Waals surface area contributed by atoms with Crippen molar-refractivity contribution in [1.82, 2.24) is 5.43 Å². The van der Waals surface area contributed by atoms with Crippen LogP contribution < -0.4 is 10.2 Å². The van der Waals surface area contributed by atoms with Gasteiger partial charge in [-0.15, -0.1) is 0 Å². The molecule has 0 fully saturated rings. The minimum absolute atomic E-state index is 0.109. The van der Waals surface area contributed by atoms with Gasteiger partial charge in [-0.1, -0.05) is 72.8 Å². The van der Waals surface area contributed by atoms with Crippen LogP contribution in [0, 0.1) is 0 Å². The number of rotatable bonds is 7. The first-order chi connectivity index (χ1) is 13.7. The fourth-order valence-electron chi connectivity index (χ4n) is 2.47. The van der Waals surface area contributed by atoms with Crippen molar-refractivity contribution < 1.29 is 9.53 Å². The van der Waals surface area contributed by atoms with Gasteiger partial charge in [-0.25, -0.2) is 5.43 Å². The van der Waals surface area contributed by atoms with Crippen molar-refractivity contribution in [2.45, 2.75) is 0 Å². The van der Waals surface area contributed by atoms with Gasteiger partial charge in [0.2, 0.25) is 0 Å². The Morgan fingerprint density at radius 2 is 1.50 bits per heavy atom. The van der Waals surface area contributed by atoms with Crippen LogP contribution >= 0.6 is 15.9 Å². The van der Waals surface area contributed by atoms with Crippen molar-refractivity contribution in [3.05, 3.63) is 95.0 Å². The van der Waals surface area contributed by atoms with Crippen LogP contribution in [0.2, 0.25) is 0 Å². The van der Waals surface area contributed by atoms with E-state index in [1.165, 1.54) is 6.21 Å². The molecule has 0 spiro atoms. The second kappa shape index (κ2) is 10.2. The molecule has 0 bridgehead atoms. The Morgan fingerprint density at radius 3 is 2.18 bits per heavy atom. The van der Waals surface area contributed by atoms with Gasteiger partial charge in [0.05, 0.1) is 6.21 Å². The normalized spacial score (nSPS) is 11.4. The molecule has 3 aromatic carbocycles. The molecule has 0 unspecified atom stereocenters. The molecule has 0 radical (unpaired) electrons.